The van der Waals surface area contributed by atoms with E-state index in [2.05, 4.69) is 20.2 Å². The van der Waals surface area contributed by atoms with Crippen LogP contribution in [0.25, 0.3) is 22.1 Å². The maximum absolute atomic E-state index is 16.7. The third-order valence-corrected chi connectivity index (χ3v) is 15.9. The molecule has 4 N–H and O–H groups in total. The zero-order chi connectivity index (χ0) is 51.5. The number of anilines is 2. The third-order valence-electron chi connectivity index (χ3n) is 15.9. The van der Waals surface area contributed by atoms with Crippen molar-refractivity contribution in [2.24, 2.45) is 11.8 Å². The lowest BCUT2D eigenvalue weighted by atomic mass is 10.0. The number of likely N-dealkylation sites (N-methyl/N-ethyl adjacent to an activating group) is 1. The van der Waals surface area contributed by atoms with Crippen molar-refractivity contribution >= 4 is 57.4 Å². The Morgan fingerprint density at radius 2 is 1.27 bits per heavy atom. The van der Waals surface area contributed by atoms with Crippen LogP contribution in [-0.2, 0) is 23.8 Å². The fraction of sp³-hybridized carbons (Fsp3) is 0.547. The first kappa shape index (κ1) is 50.0. The number of alkyl carbamates (subject to hydrolysis) is 1. The van der Waals surface area contributed by atoms with Crippen LogP contribution in [0.1, 0.15) is 126 Å². The van der Waals surface area contributed by atoms with Gasteiger partial charge >= 0.3 is 12.2 Å². The van der Waals surface area contributed by atoms with Gasteiger partial charge in [-0.05, 0) is 97.9 Å². The first-order valence-electron chi connectivity index (χ1n) is 25.7. The van der Waals surface area contributed by atoms with E-state index in [0.717, 1.165) is 39.9 Å². The molecule has 5 aromatic rings. The minimum Gasteiger partial charge on any atom is -0.465 e. The second-order valence-corrected chi connectivity index (χ2v) is 21.0. The molecule has 7 heterocycles. The number of nitrogens with one attached hydrogen (secondary N) is 3. The number of fused-ring (bicyclic) bond motifs is 2. The number of aromatic nitrogens is 4. The molecule has 0 radical (unpaired) electrons. The van der Waals surface area contributed by atoms with Gasteiger partial charge in [0.15, 0.2) is 17.4 Å². The van der Waals surface area contributed by atoms with Crippen molar-refractivity contribution in [3.63, 3.8) is 0 Å². The number of amides is 4. The van der Waals surface area contributed by atoms with Gasteiger partial charge in [0.2, 0.25) is 11.8 Å². The summed E-state index contributed by atoms with van der Waals surface area (Å²) < 4.78 is 50.0. The molecule has 6 atom stereocenters. The number of aromatic amines is 2. The number of benzene rings is 3. The smallest absolute Gasteiger partial charge is 0.407 e. The summed E-state index contributed by atoms with van der Waals surface area (Å²) in [6.45, 7) is 10.2. The predicted octanol–water partition coefficient (Wildman–Crippen LogP) is 8.49. The number of hydrogen-bond donors (Lipinski definition) is 4. The maximum Gasteiger partial charge on any atom is 0.407 e. The standard InChI is InChI=1S/C53H66F2N10O8/c1-29(2)44(60-51(68)71-6)49(66)63-19-7-9-42(63)47-56-36-13-11-31(25-38(36)58-47)40-15-16-41(65(40)33-27-34(54)46(35(55)28-33)62-21-17-53(18-22-62)72-23-24-73-53)32-12-14-37-39(26-32)59-48(57-37)43-10-8-20-64(43)50(67)45(30(3)4)61(5)52(69)70/h11-14,25-30,40-45H,7-10,15-24H2,1-6H3,(H,56,58)(H,57,59)(H,60,68)(H,69,70)/t40-,41-,42+,43+,44+,45+/m1/s1. The first-order chi connectivity index (χ1) is 35.0. The van der Waals surface area contributed by atoms with E-state index in [1.807, 2.05) is 64.1 Å². The van der Waals surface area contributed by atoms with Crippen LogP contribution in [0.15, 0.2) is 48.5 Å². The molecule has 0 bridgehead atoms. The second kappa shape index (κ2) is 20.1. The fourth-order valence-corrected chi connectivity index (χ4v) is 12.2. The molecule has 73 heavy (non-hydrogen) atoms. The molecular formula is C53H66F2N10O8. The van der Waals surface area contributed by atoms with E-state index in [9.17, 15) is 24.3 Å². The lowest BCUT2D eigenvalue weighted by Crippen LogP contribution is -2.51. The molecule has 5 aliphatic rings. The van der Waals surface area contributed by atoms with Crippen LogP contribution < -0.4 is 15.1 Å². The highest BCUT2D eigenvalue weighted by Gasteiger charge is 2.44. The van der Waals surface area contributed by atoms with Crippen molar-refractivity contribution in [1.82, 2.24) is 40.0 Å². The molecule has 4 amide bonds. The van der Waals surface area contributed by atoms with Crippen molar-refractivity contribution in [3.05, 3.63) is 82.9 Å². The van der Waals surface area contributed by atoms with E-state index in [1.54, 1.807) is 14.7 Å². The average molecular weight is 1010 g/mol. The van der Waals surface area contributed by atoms with Crippen LogP contribution in [0.4, 0.5) is 29.7 Å². The summed E-state index contributed by atoms with van der Waals surface area (Å²) in [5, 5.41) is 12.5. The number of H-pyrrole nitrogens is 2. The third kappa shape index (κ3) is 9.40. The minimum absolute atomic E-state index is 0.0734. The number of piperidine rings is 1. The zero-order valence-electron chi connectivity index (χ0n) is 42.3. The number of nitrogens with zero attached hydrogens (tertiary/aromatic N) is 7. The average Bonchev–Trinajstić information content (AvgIpc) is 4.24. The van der Waals surface area contributed by atoms with Crippen LogP contribution in [0.2, 0.25) is 0 Å². The Balaban J connectivity index is 0.971. The quantitative estimate of drug-likeness (QED) is 0.0930. The van der Waals surface area contributed by atoms with E-state index in [-0.39, 0.29) is 53.5 Å². The van der Waals surface area contributed by atoms with E-state index >= 15 is 8.78 Å². The zero-order valence-corrected chi connectivity index (χ0v) is 42.3. The molecule has 2 aromatic heterocycles. The number of carboxylic acid groups (broad SMARTS) is 1. The molecule has 0 unspecified atom stereocenters. The summed E-state index contributed by atoms with van der Waals surface area (Å²) in [7, 11) is 2.70. The van der Waals surface area contributed by atoms with Crippen LogP contribution in [0.3, 0.4) is 0 Å². The number of ether oxygens (including phenoxy) is 3. The van der Waals surface area contributed by atoms with Gasteiger partial charge in [-0.3, -0.25) is 14.5 Å². The van der Waals surface area contributed by atoms with Crippen LogP contribution >= 0.6 is 0 Å². The number of methoxy groups -OCH3 is 1. The molecule has 0 aliphatic carbocycles. The van der Waals surface area contributed by atoms with Gasteiger partial charge in [-0.15, -0.1) is 0 Å². The summed E-state index contributed by atoms with van der Waals surface area (Å²) >= 11 is 0. The molecule has 5 saturated heterocycles. The Labute approximate surface area is 422 Å². The largest absolute Gasteiger partial charge is 0.465 e. The Kier molecular flexibility index (Phi) is 13.7. The molecule has 10 rings (SSSR count). The van der Waals surface area contributed by atoms with Gasteiger partial charge in [0, 0.05) is 51.8 Å². The predicted molar refractivity (Wildman–Crippen MR) is 268 cm³/mol. The summed E-state index contributed by atoms with van der Waals surface area (Å²) in [5.74, 6) is -1.66. The number of carbonyl (C=O) groups is 4. The monoisotopic (exact) mass is 1010 g/mol. The Hall–Kier alpha value is -6.54. The molecule has 5 fully saturated rings. The summed E-state index contributed by atoms with van der Waals surface area (Å²) in [6, 6.07) is 11.9. The van der Waals surface area contributed by atoms with Crippen molar-refractivity contribution in [3.8, 4) is 0 Å². The normalized spacial score (nSPS) is 22.9. The Morgan fingerprint density at radius 1 is 0.753 bits per heavy atom. The van der Waals surface area contributed by atoms with Crippen molar-refractivity contribution in [2.75, 3.05) is 63.4 Å². The molecule has 1 spiro atoms. The minimum atomic E-state index is -1.17. The van der Waals surface area contributed by atoms with E-state index in [4.69, 9.17) is 24.2 Å². The van der Waals surface area contributed by atoms with E-state index in [0.29, 0.717) is 106 Å². The van der Waals surface area contributed by atoms with E-state index < -0.39 is 41.7 Å². The maximum atomic E-state index is 16.7. The van der Waals surface area contributed by atoms with Gasteiger partial charge in [0.05, 0.1) is 66.6 Å². The van der Waals surface area contributed by atoms with Gasteiger partial charge in [-0.2, -0.15) is 0 Å². The number of imidazole rings is 2. The highest BCUT2D eigenvalue weighted by molar-refractivity contribution is 5.87. The summed E-state index contributed by atoms with van der Waals surface area (Å²) in [4.78, 5) is 77.6. The Morgan fingerprint density at radius 3 is 1.75 bits per heavy atom. The molecule has 18 nitrogen and oxygen atoms in total. The number of rotatable bonds is 12. The molecule has 0 saturated carbocycles. The number of likely N-dealkylation sites (tertiary alicyclic amines) is 2. The summed E-state index contributed by atoms with van der Waals surface area (Å²) in [5.41, 5.74) is 5.06. The lowest BCUT2D eigenvalue weighted by molar-refractivity contribution is -0.169. The highest BCUT2D eigenvalue weighted by Crippen LogP contribution is 2.49. The molecule has 3 aromatic carbocycles. The van der Waals surface area contributed by atoms with Gasteiger partial charge in [-0.1, -0.05) is 39.8 Å². The molecule has 5 aliphatic heterocycles. The molecular weight excluding hydrogens is 943 g/mol. The van der Waals surface area contributed by atoms with E-state index in [1.165, 1.54) is 26.3 Å². The van der Waals surface area contributed by atoms with Crippen LogP contribution in [-0.4, -0.2) is 135 Å². The van der Waals surface area contributed by atoms with Crippen molar-refractivity contribution in [2.45, 2.75) is 121 Å². The Bertz CT molecular complexity index is 2870. The number of hydrogen-bond acceptors (Lipinski definition) is 11. The first-order valence-corrected chi connectivity index (χ1v) is 25.7. The number of carbonyl (C=O) groups excluding carboxylic acids is 3. The van der Waals surface area contributed by atoms with Crippen LogP contribution in [0.5, 0.6) is 0 Å². The lowest BCUT2D eigenvalue weighted by Gasteiger charge is -2.39. The van der Waals surface area contributed by atoms with Crippen molar-refractivity contribution in [1.29, 1.82) is 0 Å². The fourth-order valence-electron chi connectivity index (χ4n) is 12.2. The van der Waals surface area contributed by atoms with Crippen LogP contribution in [0, 0.1) is 23.5 Å². The van der Waals surface area contributed by atoms with Gasteiger partial charge < -0.3 is 54.2 Å². The summed E-state index contributed by atoms with van der Waals surface area (Å²) in [6.07, 6.45) is 3.31. The second-order valence-electron chi connectivity index (χ2n) is 21.0. The highest BCUT2D eigenvalue weighted by atomic mass is 19.1. The van der Waals surface area contributed by atoms with Gasteiger partial charge in [0.1, 0.15) is 29.4 Å². The molecule has 390 valence electrons. The SMILES string of the molecule is COC(=O)N[C@H](C(=O)N1CCC[C@H]1c1nc2ccc([C@H]3CC[C@H](c4ccc5nc([C@@H]6CCCN6C(=O)[C@H](C(C)C)N(C)C(=O)O)[nH]c5c4)N3c3cc(F)c(N4CCC5(CC4)OCCO5)c(F)c3)cc2[nH]1)C(C)C. The topological polar surface area (TPSA) is 202 Å². The van der Waals surface area contributed by atoms with Crippen molar-refractivity contribution < 1.29 is 47.3 Å². The molecule has 20 heteroatoms. The number of halogens is 2. The van der Waals surface area contributed by atoms with Gasteiger partial charge in [-0.25, -0.2) is 28.3 Å². The van der Waals surface area contributed by atoms with Gasteiger partial charge in [0.25, 0.3) is 0 Å².